The minimum atomic E-state index is -0.979. The average molecular weight is 387 g/mol. The highest BCUT2D eigenvalue weighted by Crippen LogP contribution is 2.28. The molecule has 0 bridgehead atoms. The summed E-state index contributed by atoms with van der Waals surface area (Å²) in [7, 11) is 1.53. The van der Waals surface area contributed by atoms with E-state index in [2.05, 4.69) is 10.5 Å². The fraction of sp³-hybridized carbons (Fsp3) is 0.263. The summed E-state index contributed by atoms with van der Waals surface area (Å²) >= 11 is 0. The van der Waals surface area contributed by atoms with Gasteiger partial charge in [-0.05, 0) is 43.7 Å². The molecule has 148 valence electrons. The Kier molecular flexibility index (Phi) is 7.32. The first-order valence-corrected chi connectivity index (χ1v) is 8.50. The number of nitrogens with one attached hydrogen (secondary N) is 1. The van der Waals surface area contributed by atoms with Gasteiger partial charge in [0.15, 0.2) is 23.4 Å². The molecule has 0 spiro atoms. The Bertz CT molecular complexity index is 868. The molecule has 28 heavy (non-hydrogen) atoms. The van der Waals surface area contributed by atoms with Crippen molar-refractivity contribution in [1.29, 1.82) is 0 Å². The minimum absolute atomic E-state index is 0.00961. The number of nitrogens with zero attached hydrogens (tertiary/aromatic N) is 2. The number of methoxy groups -OCH3 is 1. The van der Waals surface area contributed by atoms with Crippen LogP contribution in [0.2, 0.25) is 0 Å². The molecule has 9 heteroatoms. The van der Waals surface area contributed by atoms with Crippen LogP contribution in [-0.2, 0) is 4.79 Å². The first kappa shape index (κ1) is 20.7. The summed E-state index contributed by atoms with van der Waals surface area (Å²) in [5.41, 5.74) is 2.81. The van der Waals surface area contributed by atoms with Gasteiger partial charge in [0.25, 0.3) is 5.91 Å². The number of carbonyl (C=O) groups is 1. The molecular formula is C19H21N3O6. The number of hydrogen-bond acceptors (Lipinski definition) is 7. The second kappa shape index (κ2) is 9.91. The number of hydrogen-bond donors (Lipinski definition) is 1. The van der Waals surface area contributed by atoms with Crippen LogP contribution in [0.25, 0.3) is 0 Å². The minimum Gasteiger partial charge on any atom is -0.493 e. The molecule has 0 saturated heterocycles. The molecule has 0 aliphatic carbocycles. The second-order valence-corrected chi connectivity index (χ2v) is 5.56. The lowest BCUT2D eigenvalue weighted by molar-refractivity contribution is -0.386. The molecule has 1 atom stereocenters. The third kappa shape index (κ3) is 5.44. The van der Waals surface area contributed by atoms with Crippen molar-refractivity contribution in [2.45, 2.75) is 20.0 Å². The first-order chi connectivity index (χ1) is 13.5. The van der Waals surface area contributed by atoms with Crippen LogP contribution in [0, 0.1) is 10.1 Å². The summed E-state index contributed by atoms with van der Waals surface area (Å²) in [5.74, 6) is 0.616. The highest BCUT2D eigenvalue weighted by Gasteiger charge is 2.20. The molecule has 2 rings (SSSR count). The second-order valence-electron chi connectivity index (χ2n) is 5.56. The van der Waals surface area contributed by atoms with Gasteiger partial charge in [-0.1, -0.05) is 12.1 Å². The normalized spacial score (nSPS) is 11.7. The molecular weight excluding hydrogens is 366 g/mol. The van der Waals surface area contributed by atoms with E-state index in [1.165, 1.54) is 38.4 Å². The van der Waals surface area contributed by atoms with Crippen LogP contribution < -0.4 is 19.6 Å². The molecule has 0 aliphatic rings. The van der Waals surface area contributed by atoms with Gasteiger partial charge in [0, 0.05) is 6.07 Å². The SMILES string of the molecule is CCOc1ccc(/C=N/NC(=O)C(C)Oc2ccccc2[N+](=O)[O-])cc1OC. The lowest BCUT2D eigenvalue weighted by Gasteiger charge is -2.12. The number of amides is 1. The van der Waals surface area contributed by atoms with E-state index in [4.69, 9.17) is 14.2 Å². The molecule has 1 amide bonds. The molecule has 0 aliphatic heterocycles. The largest absolute Gasteiger partial charge is 0.493 e. The lowest BCUT2D eigenvalue weighted by Crippen LogP contribution is -2.33. The fourth-order valence-corrected chi connectivity index (χ4v) is 2.25. The Balaban J connectivity index is 1.99. The zero-order valence-corrected chi connectivity index (χ0v) is 15.7. The van der Waals surface area contributed by atoms with Gasteiger partial charge in [-0.25, -0.2) is 5.43 Å². The van der Waals surface area contributed by atoms with E-state index in [-0.39, 0.29) is 11.4 Å². The summed E-state index contributed by atoms with van der Waals surface area (Å²) in [6.07, 6.45) is 0.460. The monoisotopic (exact) mass is 387 g/mol. The predicted octanol–water partition coefficient (Wildman–Crippen LogP) is 2.92. The number of nitro benzene ring substituents is 1. The van der Waals surface area contributed by atoms with Crippen LogP contribution in [0.15, 0.2) is 47.6 Å². The van der Waals surface area contributed by atoms with E-state index in [1.807, 2.05) is 6.92 Å². The molecule has 2 aromatic carbocycles. The number of ether oxygens (including phenoxy) is 3. The molecule has 2 aromatic rings. The quantitative estimate of drug-likeness (QED) is 0.402. The van der Waals surface area contributed by atoms with Crippen molar-refractivity contribution < 1.29 is 23.9 Å². The standard InChI is InChI=1S/C19H21N3O6/c1-4-27-17-10-9-14(11-18(17)26-3)12-20-21-19(23)13(2)28-16-8-6-5-7-15(16)22(24)25/h5-13H,4H2,1-3H3,(H,21,23)/b20-12+. The van der Waals surface area contributed by atoms with Gasteiger partial charge in [-0.2, -0.15) is 5.10 Å². The van der Waals surface area contributed by atoms with Crippen LogP contribution in [-0.4, -0.2) is 36.9 Å². The van der Waals surface area contributed by atoms with Gasteiger partial charge in [0.2, 0.25) is 0 Å². The molecule has 0 fully saturated rings. The zero-order valence-electron chi connectivity index (χ0n) is 15.7. The average Bonchev–Trinajstić information content (AvgIpc) is 2.69. The van der Waals surface area contributed by atoms with Crippen LogP contribution >= 0.6 is 0 Å². The van der Waals surface area contributed by atoms with Gasteiger partial charge < -0.3 is 14.2 Å². The first-order valence-electron chi connectivity index (χ1n) is 8.50. The van der Waals surface area contributed by atoms with E-state index >= 15 is 0 Å². The van der Waals surface area contributed by atoms with Gasteiger partial charge in [0.1, 0.15) is 0 Å². The van der Waals surface area contributed by atoms with Crippen LogP contribution in [0.4, 0.5) is 5.69 Å². The van der Waals surface area contributed by atoms with Gasteiger partial charge in [0.05, 0.1) is 24.9 Å². The Morgan fingerprint density at radius 3 is 2.68 bits per heavy atom. The number of carbonyl (C=O) groups excluding carboxylic acids is 1. The van der Waals surface area contributed by atoms with Crippen molar-refractivity contribution >= 4 is 17.8 Å². The van der Waals surface area contributed by atoms with Gasteiger partial charge >= 0.3 is 5.69 Å². The van der Waals surface area contributed by atoms with Crippen molar-refractivity contribution in [2.75, 3.05) is 13.7 Å². The van der Waals surface area contributed by atoms with Crippen molar-refractivity contribution in [3.8, 4) is 17.2 Å². The van der Waals surface area contributed by atoms with Crippen LogP contribution in [0.1, 0.15) is 19.4 Å². The highest BCUT2D eigenvalue weighted by atomic mass is 16.6. The molecule has 0 radical (unpaired) electrons. The third-order valence-corrected chi connectivity index (χ3v) is 3.61. The third-order valence-electron chi connectivity index (χ3n) is 3.61. The smallest absolute Gasteiger partial charge is 0.310 e. The summed E-state index contributed by atoms with van der Waals surface area (Å²) in [6, 6.07) is 11.1. The van der Waals surface area contributed by atoms with Crippen molar-refractivity contribution in [3.63, 3.8) is 0 Å². The summed E-state index contributed by atoms with van der Waals surface area (Å²) < 4.78 is 16.1. The van der Waals surface area contributed by atoms with Gasteiger partial charge in [-0.3, -0.25) is 14.9 Å². The maximum atomic E-state index is 12.1. The van der Waals surface area contributed by atoms with E-state index in [0.29, 0.717) is 23.7 Å². The van der Waals surface area contributed by atoms with E-state index in [9.17, 15) is 14.9 Å². The van der Waals surface area contributed by atoms with E-state index in [0.717, 1.165) is 0 Å². The number of para-hydroxylation sites is 2. The van der Waals surface area contributed by atoms with Crippen LogP contribution in [0.5, 0.6) is 17.2 Å². The fourth-order valence-electron chi connectivity index (χ4n) is 2.25. The molecule has 9 nitrogen and oxygen atoms in total. The highest BCUT2D eigenvalue weighted by molar-refractivity contribution is 5.85. The Morgan fingerprint density at radius 2 is 2.00 bits per heavy atom. The van der Waals surface area contributed by atoms with Crippen molar-refractivity contribution in [1.82, 2.24) is 5.43 Å². The number of nitro groups is 1. The van der Waals surface area contributed by atoms with Crippen LogP contribution in [0.3, 0.4) is 0 Å². The summed E-state index contributed by atoms with van der Waals surface area (Å²) in [5, 5.41) is 14.9. The van der Waals surface area contributed by atoms with E-state index < -0.39 is 16.9 Å². The number of hydrazone groups is 1. The maximum absolute atomic E-state index is 12.1. The predicted molar refractivity (Wildman–Crippen MR) is 103 cm³/mol. The molecule has 0 heterocycles. The van der Waals surface area contributed by atoms with Crippen molar-refractivity contribution in [2.24, 2.45) is 5.10 Å². The Hall–Kier alpha value is -3.62. The number of benzene rings is 2. The lowest BCUT2D eigenvalue weighted by atomic mass is 10.2. The Labute approximate surface area is 162 Å². The number of rotatable bonds is 9. The summed E-state index contributed by atoms with van der Waals surface area (Å²) in [4.78, 5) is 22.5. The topological polar surface area (TPSA) is 112 Å². The zero-order chi connectivity index (χ0) is 20.5. The summed E-state index contributed by atoms with van der Waals surface area (Å²) in [6.45, 7) is 3.86. The molecule has 0 aromatic heterocycles. The van der Waals surface area contributed by atoms with Crippen molar-refractivity contribution in [3.05, 3.63) is 58.1 Å². The molecule has 1 unspecified atom stereocenters. The molecule has 1 N–H and O–H groups in total. The van der Waals surface area contributed by atoms with E-state index in [1.54, 1.807) is 24.3 Å². The Morgan fingerprint density at radius 1 is 1.25 bits per heavy atom. The molecule has 0 saturated carbocycles. The van der Waals surface area contributed by atoms with Gasteiger partial charge in [-0.15, -0.1) is 0 Å². The maximum Gasteiger partial charge on any atom is 0.310 e.